The summed E-state index contributed by atoms with van der Waals surface area (Å²) in [5, 5.41) is 0.771. The van der Waals surface area contributed by atoms with Gasteiger partial charge in [0.1, 0.15) is 0 Å². The third-order valence-electron chi connectivity index (χ3n) is 2.26. The lowest BCUT2D eigenvalue weighted by Crippen LogP contribution is -1.85. The average molecular weight is 329 g/mol. The molecule has 0 fully saturated rings. The van der Waals surface area contributed by atoms with Gasteiger partial charge in [-0.25, -0.2) is 0 Å². The van der Waals surface area contributed by atoms with E-state index in [2.05, 4.69) is 15.9 Å². The maximum atomic E-state index is 5.84. The van der Waals surface area contributed by atoms with Crippen LogP contribution in [0.1, 0.15) is 5.56 Å². The number of nitrogen functional groups attached to an aromatic ring is 1. The first kappa shape index (κ1) is 12.8. The predicted molar refractivity (Wildman–Crippen MR) is 79.6 cm³/mol. The van der Waals surface area contributed by atoms with Crippen molar-refractivity contribution >= 4 is 45.0 Å². The summed E-state index contributed by atoms with van der Waals surface area (Å²) in [5.41, 5.74) is 7.72. The largest absolute Gasteiger partial charge is 0.399 e. The van der Waals surface area contributed by atoms with E-state index in [1.807, 2.05) is 42.5 Å². The molecule has 0 unspecified atom stereocenters. The second-order valence-electron chi connectivity index (χ2n) is 3.61. The molecule has 0 radical (unpaired) electrons. The first-order valence-electron chi connectivity index (χ1n) is 5.07. The van der Waals surface area contributed by atoms with E-state index in [4.69, 9.17) is 17.3 Å². The van der Waals surface area contributed by atoms with Gasteiger partial charge in [0.2, 0.25) is 0 Å². The maximum Gasteiger partial charge on any atom is 0.0406 e. The van der Waals surface area contributed by atoms with Crippen molar-refractivity contribution in [2.24, 2.45) is 0 Å². The van der Waals surface area contributed by atoms with Gasteiger partial charge in [-0.2, -0.15) is 0 Å². The van der Waals surface area contributed by atoms with Crippen LogP contribution in [0.3, 0.4) is 0 Å². The number of anilines is 1. The summed E-state index contributed by atoms with van der Waals surface area (Å²) in [6.07, 6.45) is 0. The molecule has 0 aliphatic heterocycles. The fourth-order valence-corrected chi connectivity index (χ4v) is 3.12. The maximum absolute atomic E-state index is 5.84. The summed E-state index contributed by atoms with van der Waals surface area (Å²) in [6.45, 7) is 0. The van der Waals surface area contributed by atoms with Crippen LogP contribution in [0.25, 0.3) is 0 Å². The zero-order valence-electron chi connectivity index (χ0n) is 8.99. The Morgan fingerprint density at radius 1 is 1.12 bits per heavy atom. The summed E-state index contributed by atoms with van der Waals surface area (Å²) >= 11 is 11.1. The minimum atomic E-state index is 0.771. The smallest absolute Gasteiger partial charge is 0.0406 e. The Kier molecular flexibility index (Phi) is 4.37. The molecule has 2 rings (SSSR count). The van der Waals surface area contributed by atoms with Gasteiger partial charge in [-0.3, -0.25) is 0 Å². The monoisotopic (exact) mass is 327 g/mol. The zero-order chi connectivity index (χ0) is 12.3. The lowest BCUT2D eigenvalue weighted by molar-refractivity contribution is 1.36. The van der Waals surface area contributed by atoms with Crippen molar-refractivity contribution in [3.8, 4) is 0 Å². The van der Waals surface area contributed by atoms with Crippen LogP contribution in [0, 0.1) is 0 Å². The Morgan fingerprint density at radius 3 is 2.47 bits per heavy atom. The summed E-state index contributed by atoms with van der Waals surface area (Å²) in [7, 11) is 0. The highest BCUT2D eigenvalue weighted by molar-refractivity contribution is 9.10. The van der Waals surface area contributed by atoms with Gasteiger partial charge in [0, 0.05) is 25.8 Å². The van der Waals surface area contributed by atoms with Crippen LogP contribution in [-0.4, -0.2) is 0 Å². The number of hydrogen-bond donors (Lipinski definition) is 1. The lowest BCUT2D eigenvalue weighted by atomic mass is 10.2. The summed E-state index contributed by atoms with van der Waals surface area (Å²) in [6, 6.07) is 13.8. The van der Waals surface area contributed by atoms with E-state index in [-0.39, 0.29) is 0 Å². The fraction of sp³-hybridized carbons (Fsp3) is 0.0769. The van der Waals surface area contributed by atoms with E-state index in [1.54, 1.807) is 11.8 Å². The summed E-state index contributed by atoms with van der Waals surface area (Å²) < 4.78 is 1.04. The van der Waals surface area contributed by atoms with Crippen molar-refractivity contribution in [3.63, 3.8) is 0 Å². The molecule has 17 heavy (non-hydrogen) atoms. The van der Waals surface area contributed by atoms with Crippen molar-refractivity contribution in [1.82, 2.24) is 0 Å². The van der Waals surface area contributed by atoms with Crippen LogP contribution in [-0.2, 0) is 5.75 Å². The highest BCUT2D eigenvalue weighted by Crippen LogP contribution is 2.31. The van der Waals surface area contributed by atoms with E-state index in [0.29, 0.717) is 0 Å². The summed E-state index contributed by atoms with van der Waals surface area (Å²) in [5.74, 6) is 0.916. The number of hydrogen-bond acceptors (Lipinski definition) is 2. The molecule has 0 heterocycles. The number of nitrogens with two attached hydrogens (primary N) is 1. The molecular formula is C13H11BrClNS. The third-order valence-corrected chi connectivity index (χ3v) is 4.58. The van der Waals surface area contributed by atoms with Crippen molar-refractivity contribution in [2.75, 3.05) is 5.73 Å². The molecule has 0 aromatic heterocycles. The molecule has 0 aliphatic rings. The second-order valence-corrected chi connectivity index (χ2v) is 5.91. The van der Waals surface area contributed by atoms with Gasteiger partial charge in [-0.1, -0.05) is 23.7 Å². The molecule has 0 saturated carbocycles. The molecule has 2 N–H and O–H groups in total. The van der Waals surface area contributed by atoms with Crippen molar-refractivity contribution in [2.45, 2.75) is 10.6 Å². The zero-order valence-corrected chi connectivity index (χ0v) is 12.1. The number of benzene rings is 2. The molecule has 0 amide bonds. The molecule has 1 nitrogen and oxygen atoms in total. The fourth-order valence-electron chi connectivity index (χ4n) is 1.38. The van der Waals surface area contributed by atoms with Crippen molar-refractivity contribution < 1.29 is 0 Å². The number of thioether (sulfide) groups is 1. The Morgan fingerprint density at radius 2 is 1.82 bits per heavy atom. The normalized spacial score (nSPS) is 10.5. The van der Waals surface area contributed by atoms with Crippen LogP contribution in [0.2, 0.25) is 5.02 Å². The number of rotatable bonds is 3. The first-order chi connectivity index (χ1) is 8.15. The third kappa shape index (κ3) is 3.66. The quantitative estimate of drug-likeness (QED) is 0.635. The van der Waals surface area contributed by atoms with E-state index < -0.39 is 0 Å². The van der Waals surface area contributed by atoms with E-state index in [1.165, 1.54) is 10.5 Å². The van der Waals surface area contributed by atoms with E-state index in [9.17, 15) is 0 Å². The van der Waals surface area contributed by atoms with Gasteiger partial charge in [-0.05, 0) is 51.8 Å². The molecule has 2 aromatic rings. The van der Waals surface area contributed by atoms with E-state index in [0.717, 1.165) is 20.9 Å². The summed E-state index contributed by atoms with van der Waals surface area (Å²) in [4.78, 5) is 1.19. The minimum absolute atomic E-state index is 0.771. The Balaban J connectivity index is 2.04. The van der Waals surface area contributed by atoms with Crippen LogP contribution in [0.15, 0.2) is 51.8 Å². The SMILES string of the molecule is Nc1ccc(SCc2ccc(Cl)cc2)c(Br)c1. The molecule has 0 saturated heterocycles. The Labute approximate surface area is 118 Å². The van der Waals surface area contributed by atoms with Crippen LogP contribution >= 0.6 is 39.3 Å². The van der Waals surface area contributed by atoms with Gasteiger partial charge in [0.15, 0.2) is 0 Å². The number of halogens is 2. The molecular weight excluding hydrogens is 318 g/mol. The molecule has 2 aromatic carbocycles. The van der Waals surface area contributed by atoms with Gasteiger partial charge in [-0.15, -0.1) is 11.8 Å². The van der Waals surface area contributed by atoms with Gasteiger partial charge >= 0.3 is 0 Å². The first-order valence-corrected chi connectivity index (χ1v) is 7.23. The predicted octanol–water partition coefficient (Wildman–Crippen LogP) is 4.98. The van der Waals surface area contributed by atoms with E-state index >= 15 is 0 Å². The molecule has 88 valence electrons. The minimum Gasteiger partial charge on any atom is -0.399 e. The lowest BCUT2D eigenvalue weighted by Gasteiger charge is -2.05. The standard InChI is InChI=1S/C13H11BrClNS/c14-12-7-11(16)5-6-13(12)17-8-9-1-3-10(15)4-2-9/h1-7H,8,16H2. The highest BCUT2D eigenvalue weighted by Gasteiger charge is 2.02. The van der Waals surface area contributed by atoms with Crippen LogP contribution in [0.5, 0.6) is 0 Å². The molecule has 0 aliphatic carbocycles. The molecule has 0 spiro atoms. The highest BCUT2D eigenvalue weighted by atomic mass is 79.9. The Bertz CT molecular complexity index is 513. The molecule has 4 heteroatoms. The van der Waals surface area contributed by atoms with Gasteiger partial charge in [0.25, 0.3) is 0 Å². The van der Waals surface area contributed by atoms with Crippen molar-refractivity contribution in [1.29, 1.82) is 0 Å². The Hall–Kier alpha value is -0.640. The van der Waals surface area contributed by atoms with Gasteiger partial charge in [0.05, 0.1) is 0 Å². The van der Waals surface area contributed by atoms with Gasteiger partial charge < -0.3 is 5.73 Å². The van der Waals surface area contributed by atoms with Crippen LogP contribution in [0.4, 0.5) is 5.69 Å². The molecule has 0 atom stereocenters. The van der Waals surface area contributed by atoms with Crippen molar-refractivity contribution in [3.05, 3.63) is 57.5 Å². The second kappa shape index (κ2) is 5.80. The topological polar surface area (TPSA) is 26.0 Å². The molecule has 0 bridgehead atoms. The van der Waals surface area contributed by atoms with Crippen LogP contribution < -0.4 is 5.73 Å². The average Bonchev–Trinajstić information content (AvgIpc) is 2.30.